The molecule has 11 heavy (non-hydrogen) atoms. The molecule has 0 saturated carbocycles. The molecule has 2 rings (SSSR count). The van der Waals surface area contributed by atoms with E-state index in [1.807, 2.05) is 36.5 Å². The Hall–Kier alpha value is -1.64. The minimum absolute atomic E-state index is 1.03. The standard InChI is InChI=1S/C8H7N3/c1-2-4-8(5-3-1)11-7-6-9-10-11/h1-7H/i10+1. The average Bonchev–Trinajstić information content (AvgIpc) is 2.58. The lowest BCUT2D eigenvalue weighted by molar-refractivity contribution is 0.803. The Kier molecular flexibility index (Phi) is 1.41. The Morgan fingerprint density at radius 1 is 1.09 bits per heavy atom. The number of rotatable bonds is 1. The highest BCUT2D eigenvalue weighted by Gasteiger charge is 1.91. The van der Waals surface area contributed by atoms with Crippen LogP contribution in [-0.2, 0) is 0 Å². The molecule has 0 amide bonds. The second kappa shape index (κ2) is 2.54. The van der Waals surface area contributed by atoms with E-state index in [1.165, 1.54) is 0 Å². The zero-order chi connectivity index (χ0) is 7.52. The maximum absolute atomic E-state index is 3.85. The quantitative estimate of drug-likeness (QED) is 0.606. The zero-order valence-corrected chi connectivity index (χ0v) is 5.88. The van der Waals surface area contributed by atoms with E-state index in [9.17, 15) is 0 Å². The summed E-state index contributed by atoms with van der Waals surface area (Å²) in [5.74, 6) is 0. The van der Waals surface area contributed by atoms with Crippen molar-refractivity contribution in [1.82, 2.24) is 15.0 Å². The lowest BCUT2D eigenvalue weighted by Crippen LogP contribution is -1.93. The van der Waals surface area contributed by atoms with Gasteiger partial charge in [0.2, 0.25) is 0 Å². The fraction of sp³-hybridized carbons (Fsp3) is 0. The molecule has 0 spiro atoms. The smallest absolute Gasteiger partial charge is 0.0697 e. The molecule has 0 unspecified atom stereocenters. The SMILES string of the molecule is c1ccc(-n2ccn[15n]2)cc1. The zero-order valence-electron chi connectivity index (χ0n) is 5.88. The van der Waals surface area contributed by atoms with Crippen molar-refractivity contribution in [2.45, 2.75) is 0 Å². The topological polar surface area (TPSA) is 30.7 Å². The van der Waals surface area contributed by atoms with Crippen molar-refractivity contribution in [3.05, 3.63) is 42.7 Å². The molecule has 1 aromatic carbocycles. The normalized spacial score (nSPS) is 9.82. The molecule has 0 N–H and O–H groups in total. The van der Waals surface area contributed by atoms with Crippen LogP contribution in [0.5, 0.6) is 0 Å². The third-order valence-electron chi connectivity index (χ3n) is 1.44. The molecule has 0 bridgehead atoms. The molecule has 0 aliphatic rings. The van der Waals surface area contributed by atoms with E-state index >= 15 is 0 Å². The average molecular weight is 146 g/mol. The van der Waals surface area contributed by atoms with E-state index in [2.05, 4.69) is 10.3 Å². The molecule has 1 heterocycles. The van der Waals surface area contributed by atoms with Crippen LogP contribution in [-0.4, -0.2) is 15.0 Å². The van der Waals surface area contributed by atoms with E-state index in [1.54, 1.807) is 10.9 Å². The molecule has 0 aliphatic heterocycles. The van der Waals surface area contributed by atoms with Gasteiger partial charge in [0.1, 0.15) is 0 Å². The van der Waals surface area contributed by atoms with Crippen LogP contribution in [0.15, 0.2) is 42.7 Å². The van der Waals surface area contributed by atoms with Gasteiger partial charge >= 0.3 is 0 Å². The minimum Gasteiger partial charge on any atom is -0.221 e. The Morgan fingerprint density at radius 2 is 1.91 bits per heavy atom. The fourth-order valence-corrected chi connectivity index (χ4v) is 0.927. The number of hydrogen-bond donors (Lipinski definition) is 0. The van der Waals surface area contributed by atoms with Crippen LogP contribution in [0, 0.1) is 0 Å². The molecule has 3 heteroatoms. The van der Waals surface area contributed by atoms with Gasteiger partial charge in [-0.3, -0.25) is 0 Å². The van der Waals surface area contributed by atoms with Crippen molar-refractivity contribution >= 4 is 0 Å². The maximum atomic E-state index is 3.85. The Balaban J connectivity index is 2.46. The van der Waals surface area contributed by atoms with Gasteiger partial charge in [0.25, 0.3) is 0 Å². The number of aromatic nitrogens is 3. The molecular formula is C8H7N3. The number of nitrogens with zero attached hydrogens (tertiary/aromatic N) is 3. The first-order chi connectivity index (χ1) is 5.47. The highest BCUT2D eigenvalue weighted by Crippen LogP contribution is 2.02. The van der Waals surface area contributed by atoms with E-state index < -0.39 is 0 Å². The lowest BCUT2D eigenvalue weighted by atomic mass is 10.3. The molecule has 0 aliphatic carbocycles. The molecule has 0 atom stereocenters. The van der Waals surface area contributed by atoms with E-state index in [4.69, 9.17) is 0 Å². The van der Waals surface area contributed by atoms with Crippen molar-refractivity contribution < 1.29 is 0 Å². The van der Waals surface area contributed by atoms with Crippen LogP contribution >= 0.6 is 0 Å². The first-order valence-corrected chi connectivity index (χ1v) is 3.38. The predicted molar refractivity (Wildman–Crippen MR) is 41.4 cm³/mol. The summed E-state index contributed by atoms with van der Waals surface area (Å²) in [6.45, 7) is 0. The van der Waals surface area contributed by atoms with Gasteiger partial charge in [-0.15, -0.1) is 5.10 Å². The van der Waals surface area contributed by atoms with Gasteiger partial charge in [0.15, 0.2) is 0 Å². The maximum Gasteiger partial charge on any atom is 0.0697 e. The molecule has 0 radical (unpaired) electrons. The van der Waals surface area contributed by atoms with E-state index in [0.29, 0.717) is 0 Å². The molecular weight excluding hydrogens is 139 g/mol. The third-order valence-corrected chi connectivity index (χ3v) is 1.44. The second-order valence-electron chi connectivity index (χ2n) is 2.18. The first kappa shape index (κ1) is 6.09. The molecule has 54 valence electrons. The predicted octanol–water partition coefficient (Wildman–Crippen LogP) is 1.27. The van der Waals surface area contributed by atoms with E-state index in [-0.39, 0.29) is 0 Å². The Labute approximate surface area is 64.3 Å². The van der Waals surface area contributed by atoms with Gasteiger partial charge in [-0.2, -0.15) is 0 Å². The summed E-state index contributed by atoms with van der Waals surface area (Å²) in [7, 11) is 0. The summed E-state index contributed by atoms with van der Waals surface area (Å²) in [5.41, 5.74) is 1.03. The van der Waals surface area contributed by atoms with Crippen LogP contribution in [0.4, 0.5) is 0 Å². The summed E-state index contributed by atoms with van der Waals surface area (Å²) in [4.78, 5) is 0. The number of hydrogen-bond acceptors (Lipinski definition) is 2. The van der Waals surface area contributed by atoms with Crippen LogP contribution < -0.4 is 0 Å². The highest BCUT2D eigenvalue weighted by atomic mass is 15.9. The largest absolute Gasteiger partial charge is 0.221 e. The van der Waals surface area contributed by atoms with Gasteiger partial charge < -0.3 is 0 Å². The van der Waals surface area contributed by atoms with Crippen LogP contribution in [0.1, 0.15) is 0 Å². The van der Waals surface area contributed by atoms with E-state index in [0.717, 1.165) is 5.69 Å². The summed E-state index contributed by atoms with van der Waals surface area (Å²) < 4.78 is 1.72. The van der Waals surface area contributed by atoms with Gasteiger partial charge in [-0.25, -0.2) is 4.68 Å². The molecule has 3 nitrogen and oxygen atoms in total. The van der Waals surface area contributed by atoms with Crippen molar-refractivity contribution in [2.24, 2.45) is 0 Å². The summed E-state index contributed by atoms with van der Waals surface area (Å²) in [6, 6.07) is 9.87. The van der Waals surface area contributed by atoms with Crippen LogP contribution in [0.2, 0.25) is 0 Å². The first-order valence-electron chi connectivity index (χ1n) is 3.38. The Bertz CT molecular complexity index is 312. The van der Waals surface area contributed by atoms with Gasteiger partial charge in [-0.1, -0.05) is 23.4 Å². The van der Waals surface area contributed by atoms with Crippen molar-refractivity contribution in [3.63, 3.8) is 0 Å². The lowest BCUT2D eigenvalue weighted by Gasteiger charge is -1.96. The van der Waals surface area contributed by atoms with Crippen LogP contribution in [0.3, 0.4) is 0 Å². The van der Waals surface area contributed by atoms with Gasteiger partial charge in [0.05, 0.1) is 18.1 Å². The van der Waals surface area contributed by atoms with Crippen molar-refractivity contribution in [1.29, 1.82) is 0 Å². The summed E-state index contributed by atoms with van der Waals surface area (Å²) in [5, 5.41) is 7.56. The van der Waals surface area contributed by atoms with Crippen molar-refractivity contribution in [2.75, 3.05) is 0 Å². The number of benzene rings is 1. The van der Waals surface area contributed by atoms with Crippen molar-refractivity contribution in [3.8, 4) is 5.69 Å². The monoisotopic (exact) mass is 146 g/mol. The molecule has 1 aromatic heterocycles. The highest BCUT2D eigenvalue weighted by molar-refractivity contribution is 5.29. The minimum atomic E-state index is 1.03. The summed E-state index contributed by atoms with van der Waals surface area (Å²) in [6.07, 6.45) is 3.47. The molecule has 0 saturated heterocycles. The fourth-order valence-electron chi connectivity index (χ4n) is 0.927. The second-order valence-corrected chi connectivity index (χ2v) is 2.18. The third kappa shape index (κ3) is 1.12. The molecule has 0 fully saturated rings. The number of para-hydroxylation sites is 1. The molecule has 2 aromatic rings. The van der Waals surface area contributed by atoms with Gasteiger partial charge in [-0.05, 0) is 12.1 Å². The summed E-state index contributed by atoms with van der Waals surface area (Å²) >= 11 is 0. The van der Waals surface area contributed by atoms with Crippen LogP contribution in [0.25, 0.3) is 5.69 Å². The van der Waals surface area contributed by atoms with Gasteiger partial charge in [0, 0.05) is 0 Å². The Morgan fingerprint density at radius 3 is 2.55 bits per heavy atom.